The highest BCUT2D eigenvalue weighted by Crippen LogP contribution is 2.53. The minimum Gasteiger partial charge on any atom is -0.382 e. The monoisotopic (exact) mass is 590 g/mol. The van der Waals surface area contributed by atoms with Gasteiger partial charge < -0.3 is 15.5 Å². The maximum Gasteiger partial charge on any atom is 0.227 e. The van der Waals surface area contributed by atoms with Crippen LogP contribution in [0.2, 0.25) is 0 Å². The van der Waals surface area contributed by atoms with E-state index in [1.54, 1.807) is 11.8 Å². The second-order valence-corrected chi connectivity index (χ2v) is 11.8. The number of rotatable bonds is 7. The van der Waals surface area contributed by atoms with Gasteiger partial charge in [-0.2, -0.15) is 17.0 Å². The van der Waals surface area contributed by atoms with E-state index in [0.717, 1.165) is 35.8 Å². The summed E-state index contributed by atoms with van der Waals surface area (Å²) in [6.07, 6.45) is 8.99. The Kier molecular flexibility index (Phi) is 8.31. The molecule has 2 amide bonds. The van der Waals surface area contributed by atoms with Crippen LogP contribution in [-0.2, 0) is 16.0 Å². The molecule has 0 radical (unpaired) electrons. The first-order chi connectivity index (χ1) is 16.5. The predicted molar refractivity (Wildman–Crippen MR) is 145 cm³/mol. The van der Waals surface area contributed by atoms with E-state index < -0.39 is 11.8 Å². The van der Waals surface area contributed by atoms with Crippen LogP contribution in [0, 0.1) is 41.4 Å². The molecule has 34 heavy (non-hydrogen) atoms. The second-order valence-electron chi connectivity index (χ2n) is 9.26. The van der Waals surface area contributed by atoms with Gasteiger partial charge in [0.15, 0.2) is 0 Å². The van der Waals surface area contributed by atoms with Gasteiger partial charge in [-0.1, -0.05) is 40.6 Å². The van der Waals surface area contributed by atoms with Gasteiger partial charge in [-0.25, -0.2) is 0 Å². The van der Waals surface area contributed by atoms with Crippen LogP contribution in [0.25, 0.3) is 0 Å². The minimum absolute atomic E-state index is 0.0452. The summed E-state index contributed by atoms with van der Waals surface area (Å²) < 4.78 is 1.09. The fraction of sp³-hybridized carbons (Fsp3) is 0.577. The van der Waals surface area contributed by atoms with Gasteiger partial charge in [-0.05, 0) is 50.3 Å². The quantitative estimate of drug-likeness (QED) is 0.289. The molecule has 1 aromatic rings. The number of anilines is 1. The van der Waals surface area contributed by atoms with E-state index >= 15 is 0 Å². The molecule has 7 atom stereocenters. The molecule has 0 spiro atoms. The maximum absolute atomic E-state index is 13.6. The molecule has 6 unspecified atom stereocenters. The number of nitriles is 1. The van der Waals surface area contributed by atoms with E-state index in [4.69, 9.17) is 6.42 Å². The van der Waals surface area contributed by atoms with Crippen LogP contribution in [0.4, 0.5) is 5.69 Å². The first-order valence-electron chi connectivity index (χ1n) is 12.0. The third-order valence-electron chi connectivity index (χ3n) is 7.37. The Morgan fingerprint density at radius 3 is 2.91 bits per heavy atom. The molecule has 2 saturated carbocycles. The van der Waals surface area contributed by atoms with Crippen molar-refractivity contribution in [1.82, 2.24) is 10.2 Å². The van der Waals surface area contributed by atoms with Gasteiger partial charge in [0.25, 0.3) is 0 Å². The SMILES string of the molecule is C#CCNC(=O)C1C(C#N)C2SC3C[C@@H](Nc4cccc(CCI)c4)CCC3C(=O)N(CC)C21. The highest BCUT2D eigenvalue weighted by atomic mass is 127. The Bertz CT molecular complexity index is 1010. The van der Waals surface area contributed by atoms with Crippen molar-refractivity contribution in [3.8, 4) is 18.4 Å². The van der Waals surface area contributed by atoms with E-state index in [-0.39, 0.29) is 40.8 Å². The van der Waals surface area contributed by atoms with Gasteiger partial charge in [-0.3, -0.25) is 9.59 Å². The first-order valence-corrected chi connectivity index (χ1v) is 14.5. The smallest absolute Gasteiger partial charge is 0.227 e. The predicted octanol–water partition coefficient (Wildman–Crippen LogP) is 3.46. The Hall–Kier alpha value is -1.91. The van der Waals surface area contributed by atoms with Gasteiger partial charge in [0.05, 0.1) is 36.4 Å². The fourth-order valence-corrected chi connectivity index (χ4v) is 8.42. The molecule has 6 nitrogen and oxygen atoms in total. The van der Waals surface area contributed by atoms with Crippen molar-refractivity contribution in [3.63, 3.8) is 0 Å². The highest BCUT2D eigenvalue weighted by Gasteiger charge is 2.61. The molecule has 1 saturated heterocycles. The molecule has 180 valence electrons. The summed E-state index contributed by atoms with van der Waals surface area (Å²) in [7, 11) is 0. The lowest BCUT2D eigenvalue weighted by atomic mass is 9.67. The average molecular weight is 591 g/mol. The molecule has 0 bridgehead atoms. The number of thioether (sulfide) groups is 1. The number of carbonyl (C=O) groups is 2. The van der Waals surface area contributed by atoms with Crippen molar-refractivity contribution >= 4 is 51.9 Å². The van der Waals surface area contributed by atoms with Crippen LogP contribution < -0.4 is 10.6 Å². The number of fused-ring (bicyclic) bond motifs is 2. The summed E-state index contributed by atoms with van der Waals surface area (Å²) in [4.78, 5) is 28.3. The number of alkyl halides is 1. The molecular formula is C26H31IN4O2S. The zero-order chi connectivity index (χ0) is 24.2. The zero-order valence-corrected chi connectivity index (χ0v) is 22.3. The molecule has 1 aromatic carbocycles. The van der Waals surface area contributed by atoms with Crippen LogP contribution in [-0.4, -0.2) is 56.8 Å². The van der Waals surface area contributed by atoms with E-state index in [2.05, 4.69) is 69.5 Å². The Morgan fingerprint density at radius 1 is 1.38 bits per heavy atom. The summed E-state index contributed by atoms with van der Waals surface area (Å²) in [5, 5.41) is 16.4. The van der Waals surface area contributed by atoms with Crippen LogP contribution in [0.1, 0.15) is 31.7 Å². The maximum atomic E-state index is 13.6. The Labute approximate surface area is 220 Å². The summed E-state index contributed by atoms with van der Waals surface area (Å²) in [6.45, 7) is 2.65. The number of nitrogens with one attached hydrogen (secondary N) is 2. The fourth-order valence-electron chi connectivity index (χ4n) is 5.74. The third kappa shape index (κ3) is 4.90. The van der Waals surface area contributed by atoms with Gasteiger partial charge in [0.1, 0.15) is 0 Å². The van der Waals surface area contributed by atoms with E-state index in [1.165, 1.54) is 5.56 Å². The zero-order valence-electron chi connectivity index (χ0n) is 19.4. The largest absolute Gasteiger partial charge is 0.382 e. The summed E-state index contributed by atoms with van der Waals surface area (Å²) in [5.41, 5.74) is 2.46. The number of carbonyl (C=O) groups excluding carboxylic acids is 2. The van der Waals surface area contributed by atoms with Crippen molar-refractivity contribution in [2.45, 2.75) is 55.2 Å². The number of nitrogens with zero attached hydrogens (tertiary/aromatic N) is 2. The van der Waals surface area contributed by atoms with Crippen molar-refractivity contribution in [2.24, 2.45) is 17.8 Å². The molecule has 2 aliphatic carbocycles. The molecule has 4 rings (SSSR count). The number of amides is 2. The number of benzene rings is 1. The molecule has 3 aliphatic rings. The number of hydrogen-bond donors (Lipinski definition) is 2. The van der Waals surface area contributed by atoms with Gasteiger partial charge >= 0.3 is 0 Å². The normalized spacial score (nSPS) is 32.2. The van der Waals surface area contributed by atoms with Crippen molar-refractivity contribution < 1.29 is 9.59 Å². The number of aryl methyl sites for hydroxylation is 1. The van der Waals surface area contributed by atoms with Crippen LogP contribution in [0.5, 0.6) is 0 Å². The molecular weight excluding hydrogens is 559 g/mol. The lowest BCUT2D eigenvalue weighted by Crippen LogP contribution is -2.66. The van der Waals surface area contributed by atoms with Crippen LogP contribution >= 0.6 is 34.4 Å². The van der Waals surface area contributed by atoms with E-state index in [0.29, 0.717) is 12.6 Å². The Balaban J connectivity index is 1.51. The van der Waals surface area contributed by atoms with Crippen LogP contribution in [0.3, 0.4) is 0 Å². The standard InChI is InChI=1S/C26H31IN4O2S/c1-3-12-29-25(32)22-20(15-28)24-23(22)31(4-2)26(33)19-9-8-18(14-21(19)34-24)30-17-7-5-6-16(13-17)10-11-27/h1,5-7,13,18-24,30H,4,8-12,14H2,2H3,(H,29,32)/t18-,19?,20?,21?,22?,23?,24?/m0/s1. The molecule has 2 N–H and O–H groups in total. The highest BCUT2D eigenvalue weighted by molar-refractivity contribution is 14.1. The number of halogens is 1. The molecule has 8 heteroatoms. The van der Waals surface area contributed by atoms with E-state index in [9.17, 15) is 14.9 Å². The van der Waals surface area contributed by atoms with Gasteiger partial charge in [0, 0.05) is 33.2 Å². The second kappa shape index (κ2) is 11.2. The molecule has 1 aliphatic heterocycles. The van der Waals surface area contributed by atoms with Crippen molar-refractivity contribution in [1.29, 1.82) is 5.26 Å². The van der Waals surface area contributed by atoms with Crippen LogP contribution in [0.15, 0.2) is 24.3 Å². The third-order valence-corrected chi connectivity index (χ3v) is 9.66. The molecule has 0 aromatic heterocycles. The van der Waals surface area contributed by atoms with Crippen molar-refractivity contribution in [2.75, 3.05) is 22.8 Å². The van der Waals surface area contributed by atoms with E-state index in [1.807, 2.05) is 11.8 Å². The Morgan fingerprint density at radius 2 is 2.21 bits per heavy atom. The van der Waals surface area contributed by atoms with Gasteiger partial charge in [0.2, 0.25) is 11.8 Å². The van der Waals surface area contributed by atoms with Crippen molar-refractivity contribution in [3.05, 3.63) is 29.8 Å². The summed E-state index contributed by atoms with van der Waals surface area (Å²) >= 11 is 4.16. The summed E-state index contributed by atoms with van der Waals surface area (Å²) in [5.74, 6) is 1.35. The molecule has 3 fully saturated rings. The minimum atomic E-state index is -0.519. The topological polar surface area (TPSA) is 85.2 Å². The average Bonchev–Trinajstić information content (AvgIpc) is 2.92. The molecule has 1 heterocycles. The number of hydrogen-bond acceptors (Lipinski definition) is 5. The first kappa shape index (κ1) is 25.2. The van der Waals surface area contributed by atoms with Gasteiger partial charge in [-0.15, -0.1) is 6.42 Å². The number of terminal acetylenes is 1. The summed E-state index contributed by atoms with van der Waals surface area (Å²) in [6, 6.07) is 11.0. The lowest BCUT2D eigenvalue weighted by molar-refractivity contribution is -0.146. The lowest BCUT2D eigenvalue weighted by Gasteiger charge is -2.51.